The molecule has 0 saturated carbocycles. The fourth-order valence-corrected chi connectivity index (χ4v) is 5.79. The van der Waals surface area contributed by atoms with Crippen molar-refractivity contribution in [3.05, 3.63) is 41.0 Å². The van der Waals surface area contributed by atoms with Gasteiger partial charge in [0.2, 0.25) is 0 Å². The molecule has 1 saturated heterocycles. The van der Waals surface area contributed by atoms with Gasteiger partial charge >= 0.3 is 0 Å². The molecule has 0 atom stereocenters. The summed E-state index contributed by atoms with van der Waals surface area (Å²) in [6.07, 6.45) is 4.11. The maximum Gasteiger partial charge on any atom is 0.254 e. The number of benzene rings is 2. The largest absolute Gasteiger partial charge is 0.507 e. The van der Waals surface area contributed by atoms with Gasteiger partial charge in [0.15, 0.2) is 0 Å². The van der Waals surface area contributed by atoms with Gasteiger partial charge < -0.3 is 25.0 Å². The van der Waals surface area contributed by atoms with E-state index in [9.17, 15) is 9.90 Å². The van der Waals surface area contributed by atoms with Gasteiger partial charge in [0.25, 0.3) is 5.91 Å². The van der Waals surface area contributed by atoms with Gasteiger partial charge in [-0.15, -0.1) is 0 Å². The number of aliphatic hydroxyl groups excluding tert-OH is 1. The van der Waals surface area contributed by atoms with Gasteiger partial charge in [-0.1, -0.05) is 0 Å². The molecule has 0 bridgehead atoms. The number of imidazole rings is 1. The van der Waals surface area contributed by atoms with E-state index in [2.05, 4.69) is 20.9 Å². The highest BCUT2D eigenvalue weighted by atomic mass is 16.3. The zero-order chi connectivity index (χ0) is 23.2. The second kappa shape index (κ2) is 8.60. The molecule has 1 fully saturated rings. The maximum absolute atomic E-state index is 13.1. The Morgan fingerprint density at radius 1 is 1.03 bits per heavy atom. The molecule has 178 valence electrons. The number of aromatic nitrogens is 2. The van der Waals surface area contributed by atoms with Crippen molar-refractivity contribution < 1.29 is 15.0 Å². The smallest absolute Gasteiger partial charge is 0.254 e. The molecule has 0 aliphatic carbocycles. The van der Waals surface area contributed by atoms with Crippen LogP contribution in [-0.2, 0) is 12.8 Å². The normalized spacial score (nSPS) is 18.4. The average Bonchev–Trinajstić information content (AvgIpc) is 3.29. The lowest BCUT2D eigenvalue weighted by Crippen LogP contribution is -2.49. The lowest BCUT2D eigenvalue weighted by atomic mass is 9.89. The van der Waals surface area contributed by atoms with Crippen LogP contribution in [0.15, 0.2) is 24.3 Å². The van der Waals surface area contributed by atoms with Gasteiger partial charge in [-0.3, -0.25) is 9.69 Å². The number of hydrogen-bond acceptors (Lipinski definition) is 6. The Balaban J connectivity index is 1.30. The van der Waals surface area contributed by atoms with E-state index in [-0.39, 0.29) is 12.5 Å². The average molecular weight is 462 g/mol. The monoisotopic (exact) mass is 461 g/mol. The summed E-state index contributed by atoms with van der Waals surface area (Å²) in [5, 5.41) is 20.3. The summed E-state index contributed by atoms with van der Waals surface area (Å²) in [5.74, 6) is 1.00. The number of amides is 1. The Kier molecular flexibility index (Phi) is 5.42. The third-order valence-electron chi connectivity index (χ3n) is 7.55. The molecule has 1 aromatic heterocycles. The fourth-order valence-electron chi connectivity index (χ4n) is 5.79. The van der Waals surface area contributed by atoms with E-state index in [1.807, 2.05) is 23.1 Å². The van der Waals surface area contributed by atoms with Crippen molar-refractivity contribution in [1.82, 2.24) is 19.8 Å². The topological polar surface area (TPSA) is 95.9 Å². The number of piperazine rings is 1. The molecular weight excluding hydrogens is 430 g/mol. The van der Waals surface area contributed by atoms with Crippen LogP contribution < -0.4 is 4.90 Å². The number of aryl methyl sites for hydroxylation is 1. The highest BCUT2D eigenvalue weighted by molar-refractivity contribution is 5.98. The molecule has 0 radical (unpaired) electrons. The third-order valence-corrected chi connectivity index (χ3v) is 7.55. The summed E-state index contributed by atoms with van der Waals surface area (Å²) in [4.78, 5) is 27.7. The van der Waals surface area contributed by atoms with Crippen LogP contribution in [0.4, 0.5) is 5.69 Å². The zero-order valence-electron chi connectivity index (χ0n) is 19.4. The molecule has 6 rings (SSSR count). The van der Waals surface area contributed by atoms with Crippen molar-refractivity contribution in [2.75, 3.05) is 57.3 Å². The van der Waals surface area contributed by atoms with Crippen LogP contribution in [0.25, 0.3) is 22.4 Å². The Morgan fingerprint density at radius 3 is 2.62 bits per heavy atom. The van der Waals surface area contributed by atoms with Crippen molar-refractivity contribution >= 4 is 22.6 Å². The maximum atomic E-state index is 13.1. The number of carbonyl (C=O) groups is 1. The number of carbonyl (C=O) groups excluding carboxylic acids is 1. The fraction of sp³-hybridized carbons (Fsp3) is 0.462. The molecule has 3 aliphatic rings. The summed E-state index contributed by atoms with van der Waals surface area (Å²) < 4.78 is 0. The Hall–Kier alpha value is -3.10. The van der Waals surface area contributed by atoms with Crippen molar-refractivity contribution in [3.63, 3.8) is 0 Å². The number of phenols is 1. The number of aromatic hydroxyl groups is 1. The van der Waals surface area contributed by atoms with E-state index in [1.54, 1.807) is 0 Å². The molecule has 3 N–H and O–H groups in total. The van der Waals surface area contributed by atoms with Gasteiger partial charge in [0, 0.05) is 62.6 Å². The van der Waals surface area contributed by atoms with E-state index in [0.29, 0.717) is 36.8 Å². The Bertz CT molecular complexity index is 1240. The van der Waals surface area contributed by atoms with Crippen molar-refractivity contribution in [1.29, 1.82) is 0 Å². The molecule has 0 spiro atoms. The number of hydrogen-bond donors (Lipinski definition) is 3. The summed E-state index contributed by atoms with van der Waals surface area (Å²) in [6, 6.07) is 7.69. The first-order chi connectivity index (χ1) is 16.6. The van der Waals surface area contributed by atoms with Crippen LogP contribution in [0.5, 0.6) is 5.75 Å². The van der Waals surface area contributed by atoms with Gasteiger partial charge in [-0.25, -0.2) is 4.98 Å². The zero-order valence-corrected chi connectivity index (χ0v) is 19.4. The van der Waals surface area contributed by atoms with Crippen LogP contribution in [0.2, 0.25) is 0 Å². The second-order valence-electron chi connectivity index (χ2n) is 9.63. The summed E-state index contributed by atoms with van der Waals surface area (Å²) >= 11 is 0. The molecule has 3 aromatic rings. The third kappa shape index (κ3) is 3.61. The molecule has 4 heterocycles. The number of aliphatic hydroxyl groups is 1. The minimum absolute atomic E-state index is 0.0165. The van der Waals surface area contributed by atoms with Crippen molar-refractivity contribution in [2.24, 2.45) is 0 Å². The number of rotatable bonds is 4. The van der Waals surface area contributed by atoms with Crippen LogP contribution in [-0.4, -0.2) is 88.3 Å². The number of β-amino-alcohol motifs (C(OH)–C–C–N with tert-alkyl or cyclic N) is 1. The molecule has 34 heavy (non-hydrogen) atoms. The summed E-state index contributed by atoms with van der Waals surface area (Å²) in [6.45, 7) is 5.81. The second-order valence-corrected chi connectivity index (χ2v) is 9.63. The summed E-state index contributed by atoms with van der Waals surface area (Å²) in [5.41, 5.74) is 6.56. The Morgan fingerprint density at radius 2 is 1.82 bits per heavy atom. The van der Waals surface area contributed by atoms with Gasteiger partial charge in [-0.2, -0.15) is 0 Å². The first kappa shape index (κ1) is 21.4. The predicted molar refractivity (Wildman–Crippen MR) is 131 cm³/mol. The SMILES string of the molecule is O=C(c1ccc2nc(-c3cc4c5c(c3O)CCCN5CCC4)[nH]c2c1)N1CCN(CCO)CC1. The van der Waals surface area contributed by atoms with Gasteiger partial charge in [0.05, 0.1) is 23.2 Å². The van der Waals surface area contributed by atoms with E-state index in [0.717, 1.165) is 74.0 Å². The highest BCUT2D eigenvalue weighted by Gasteiger charge is 2.29. The summed E-state index contributed by atoms with van der Waals surface area (Å²) in [7, 11) is 0. The molecule has 8 heteroatoms. The highest BCUT2D eigenvalue weighted by Crippen LogP contribution is 2.44. The number of aromatic amines is 1. The van der Waals surface area contributed by atoms with Crippen molar-refractivity contribution in [3.8, 4) is 17.1 Å². The number of anilines is 1. The first-order valence-electron chi connectivity index (χ1n) is 12.4. The Labute approximate surface area is 198 Å². The van der Waals surface area contributed by atoms with Crippen LogP contribution in [0, 0.1) is 0 Å². The minimum Gasteiger partial charge on any atom is -0.507 e. The molecule has 2 aromatic carbocycles. The molecule has 3 aliphatic heterocycles. The van der Waals surface area contributed by atoms with Crippen LogP contribution in [0.3, 0.4) is 0 Å². The number of nitrogens with one attached hydrogen (secondary N) is 1. The molecule has 0 unspecified atom stereocenters. The molecule has 1 amide bonds. The minimum atomic E-state index is 0.0165. The van der Waals surface area contributed by atoms with E-state index < -0.39 is 0 Å². The predicted octanol–water partition coefficient (Wildman–Crippen LogP) is 2.38. The molecule has 8 nitrogen and oxygen atoms in total. The number of fused-ring (bicyclic) bond motifs is 1. The lowest BCUT2D eigenvalue weighted by molar-refractivity contribution is 0.0615. The van der Waals surface area contributed by atoms with E-state index in [4.69, 9.17) is 10.1 Å². The standard InChI is InChI=1S/C26H31N5O3/c32-14-13-29-9-11-31(12-10-29)26(34)18-5-6-21-22(16-18)28-25(27-21)20-15-17-3-1-7-30-8-2-4-19(23(17)30)24(20)33/h5-6,15-16,32-33H,1-4,7-14H2,(H,27,28). The lowest BCUT2D eigenvalue weighted by Gasteiger charge is -2.37. The number of H-pyrrole nitrogens is 1. The number of phenolic OH excluding ortho intramolecular Hbond substituents is 1. The van der Waals surface area contributed by atoms with Crippen LogP contribution in [0.1, 0.15) is 34.3 Å². The van der Waals surface area contributed by atoms with Crippen LogP contribution >= 0.6 is 0 Å². The van der Waals surface area contributed by atoms with Gasteiger partial charge in [-0.05, 0) is 55.5 Å². The number of nitrogens with zero attached hydrogens (tertiary/aromatic N) is 4. The van der Waals surface area contributed by atoms with E-state index in [1.165, 1.54) is 11.3 Å². The van der Waals surface area contributed by atoms with E-state index >= 15 is 0 Å². The van der Waals surface area contributed by atoms with Gasteiger partial charge in [0.1, 0.15) is 11.6 Å². The molecular formula is C26H31N5O3. The quantitative estimate of drug-likeness (QED) is 0.552. The van der Waals surface area contributed by atoms with Crippen molar-refractivity contribution in [2.45, 2.75) is 25.7 Å². The first-order valence-corrected chi connectivity index (χ1v) is 12.4.